The van der Waals surface area contributed by atoms with Crippen LogP contribution >= 0.6 is 0 Å². The molecule has 1 heterocycles. The highest BCUT2D eigenvalue weighted by atomic mass is 16.5. The molecule has 0 unspecified atom stereocenters. The van der Waals surface area contributed by atoms with Gasteiger partial charge in [-0.3, -0.25) is 0 Å². The summed E-state index contributed by atoms with van der Waals surface area (Å²) >= 11 is 0. The highest BCUT2D eigenvalue weighted by molar-refractivity contribution is 5.26. The summed E-state index contributed by atoms with van der Waals surface area (Å²) in [6.07, 6.45) is 3.88. The van der Waals surface area contributed by atoms with Crippen LogP contribution in [0.1, 0.15) is 37.3 Å². The molecule has 1 N–H and O–H groups in total. The van der Waals surface area contributed by atoms with Gasteiger partial charge < -0.3 is 15.0 Å². The molecule has 1 aliphatic heterocycles. The minimum absolute atomic E-state index is 0.734. The fourth-order valence-electron chi connectivity index (χ4n) is 2.65. The zero-order valence-electron chi connectivity index (χ0n) is 12.7. The van der Waals surface area contributed by atoms with Crippen LogP contribution in [0.2, 0.25) is 0 Å². The second-order valence-corrected chi connectivity index (χ2v) is 5.55. The topological polar surface area (TPSA) is 24.5 Å². The normalized spacial score (nSPS) is 15.8. The van der Waals surface area contributed by atoms with Gasteiger partial charge in [-0.05, 0) is 50.0 Å². The Hall–Kier alpha value is -0.900. The molecule has 20 heavy (non-hydrogen) atoms. The van der Waals surface area contributed by atoms with Crippen molar-refractivity contribution in [2.24, 2.45) is 0 Å². The van der Waals surface area contributed by atoms with Gasteiger partial charge in [-0.1, -0.05) is 31.2 Å². The molecule has 1 aliphatic rings. The molecular formula is C17H28N2O. The molecular weight excluding hydrogens is 248 g/mol. The number of nitrogens with one attached hydrogen (secondary N) is 1. The first kappa shape index (κ1) is 15.5. The standard InChI is InChI=1S/C17H28N2O/c1-2-9-18-14-16-7-3-4-8-17(16)15-20-13-12-19-10-5-6-11-19/h3-4,7-8,18H,2,5-6,9-15H2,1H3. The lowest BCUT2D eigenvalue weighted by atomic mass is 10.1. The maximum Gasteiger partial charge on any atom is 0.0720 e. The van der Waals surface area contributed by atoms with Gasteiger partial charge in [0, 0.05) is 13.1 Å². The molecule has 1 aromatic carbocycles. The van der Waals surface area contributed by atoms with Gasteiger partial charge in [0.25, 0.3) is 0 Å². The van der Waals surface area contributed by atoms with E-state index in [2.05, 4.69) is 41.4 Å². The summed E-state index contributed by atoms with van der Waals surface area (Å²) in [5.41, 5.74) is 2.68. The number of nitrogens with zero attached hydrogens (tertiary/aromatic N) is 1. The van der Waals surface area contributed by atoms with E-state index in [1.807, 2.05) is 0 Å². The van der Waals surface area contributed by atoms with Gasteiger partial charge in [-0.2, -0.15) is 0 Å². The Morgan fingerprint density at radius 2 is 1.90 bits per heavy atom. The second-order valence-electron chi connectivity index (χ2n) is 5.55. The van der Waals surface area contributed by atoms with Gasteiger partial charge in [0.15, 0.2) is 0 Å². The lowest BCUT2D eigenvalue weighted by molar-refractivity contribution is 0.0987. The molecule has 0 aliphatic carbocycles. The molecule has 0 atom stereocenters. The van der Waals surface area contributed by atoms with E-state index >= 15 is 0 Å². The molecule has 0 aromatic heterocycles. The third kappa shape index (κ3) is 5.23. The van der Waals surface area contributed by atoms with E-state index in [0.717, 1.165) is 32.8 Å². The van der Waals surface area contributed by atoms with Gasteiger partial charge in [-0.25, -0.2) is 0 Å². The molecule has 0 spiro atoms. The van der Waals surface area contributed by atoms with Crippen LogP contribution in [0, 0.1) is 0 Å². The van der Waals surface area contributed by atoms with Crippen LogP contribution in [0.3, 0.4) is 0 Å². The number of ether oxygens (including phenoxy) is 1. The second kappa shape index (κ2) is 9.11. The highest BCUT2D eigenvalue weighted by Gasteiger charge is 2.10. The maximum atomic E-state index is 5.86. The lowest BCUT2D eigenvalue weighted by Gasteiger charge is -2.15. The Morgan fingerprint density at radius 3 is 2.65 bits per heavy atom. The maximum absolute atomic E-state index is 5.86. The molecule has 2 rings (SSSR count). The van der Waals surface area contributed by atoms with E-state index < -0.39 is 0 Å². The summed E-state index contributed by atoms with van der Waals surface area (Å²) in [7, 11) is 0. The monoisotopic (exact) mass is 276 g/mol. The summed E-state index contributed by atoms with van der Waals surface area (Å²) in [5.74, 6) is 0. The first-order valence-corrected chi connectivity index (χ1v) is 7.97. The van der Waals surface area contributed by atoms with Gasteiger partial charge >= 0.3 is 0 Å². The summed E-state index contributed by atoms with van der Waals surface area (Å²) < 4.78 is 5.86. The first-order chi connectivity index (χ1) is 9.90. The number of benzene rings is 1. The van der Waals surface area contributed by atoms with E-state index in [9.17, 15) is 0 Å². The number of rotatable bonds is 9. The molecule has 3 heteroatoms. The fourth-order valence-corrected chi connectivity index (χ4v) is 2.65. The van der Waals surface area contributed by atoms with E-state index in [0.29, 0.717) is 0 Å². The minimum Gasteiger partial charge on any atom is -0.375 e. The predicted molar refractivity (Wildman–Crippen MR) is 83.8 cm³/mol. The summed E-state index contributed by atoms with van der Waals surface area (Å²) in [6.45, 7) is 9.37. The third-order valence-corrected chi connectivity index (χ3v) is 3.87. The quantitative estimate of drug-likeness (QED) is 0.702. The zero-order valence-corrected chi connectivity index (χ0v) is 12.7. The molecule has 0 amide bonds. The fraction of sp³-hybridized carbons (Fsp3) is 0.647. The molecule has 112 valence electrons. The summed E-state index contributed by atoms with van der Waals surface area (Å²) in [4.78, 5) is 2.49. The SMILES string of the molecule is CCCNCc1ccccc1COCCN1CCCC1. The van der Waals surface area contributed by atoms with Crippen molar-refractivity contribution in [2.75, 3.05) is 32.8 Å². The van der Waals surface area contributed by atoms with Gasteiger partial charge in [0.05, 0.1) is 13.2 Å². The van der Waals surface area contributed by atoms with Crippen molar-refractivity contribution in [1.82, 2.24) is 10.2 Å². The Balaban J connectivity index is 1.70. The van der Waals surface area contributed by atoms with Gasteiger partial charge in [0.2, 0.25) is 0 Å². The van der Waals surface area contributed by atoms with Crippen LogP contribution < -0.4 is 5.32 Å². The molecule has 1 fully saturated rings. The van der Waals surface area contributed by atoms with Crippen LogP contribution in [0.5, 0.6) is 0 Å². The average molecular weight is 276 g/mol. The molecule has 1 aromatic rings. The molecule has 0 saturated carbocycles. The largest absolute Gasteiger partial charge is 0.375 e. The van der Waals surface area contributed by atoms with E-state index in [4.69, 9.17) is 4.74 Å². The van der Waals surface area contributed by atoms with E-state index in [1.54, 1.807) is 0 Å². The summed E-state index contributed by atoms with van der Waals surface area (Å²) in [6, 6.07) is 8.58. The van der Waals surface area contributed by atoms with Crippen LogP contribution in [0.25, 0.3) is 0 Å². The smallest absolute Gasteiger partial charge is 0.0720 e. The third-order valence-electron chi connectivity index (χ3n) is 3.87. The van der Waals surface area contributed by atoms with Crippen molar-refractivity contribution in [3.05, 3.63) is 35.4 Å². The Kier molecular flexibility index (Phi) is 7.06. The van der Waals surface area contributed by atoms with Crippen LogP contribution in [-0.4, -0.2) is 37.7 Å². The number of likely N-dealkylation sites (tertiary alicyclic amines) is 1. The number of hydrogen-bond donors (Lipinski definition) is 1. The van der Waals surface area contributed by atoms with Crippen molar-refractivity contribution in [3.63, 3.8) is 0 Å². The molecule has 1 saturated heterocycles. The van der Waals surface area contributed by atoms with E-state index in [-0.39, 0.29) is 0 Å². The summed E-state index contributed by atoms with van der Waals surface area (Å²) in [5, 5.41) is 3.46. The average Bonchev–Trinajstić information content (AvgIpc) is 2.98. The van der Waals surface area contributed by atoms with Crippen LogP contribution in [0.4, 0.5) is 0 Å². The number of hydrogen-bond acceptors (Lipinski definition) is 3. The zero-order chi connectivity index (χ0) is 14.0. The van der Waals surface area contributed by atoms with Crippen molar-refractivity contribution in [1.29, 1.82) is 0 Å². The van der Waals surface area contributed by atoms with Crippen LogP contribution in [0.15, 0.2) is 24.3 Å². The Morgan fingerprint density at radius 1 is 1.15 bits per heavy atom. The van der Waals surface area contributed by atoms with Gasteiger partial charge in [0.1, 0.15) is 0 Å². The highest BCUT2D eigenvalue weighted by Crippen LogP contribution is 2.11. The first-order valence-electron chi connectivity index (χ1n) is 7.97. The van der Waals surface area contributed by atoms with Gasteiger partial charge in [-0.15, -0.1) is 0 Å². The van der Waals surface area contributed by atoms with Crippen LogP contribution in [-0.2, 0) is 17.9 Å². The predicted octanol–water partition coefficient (Wildman–Crippen LogP) is 2.80. The molecule has 0 radical (unpaired) electrons. The van der Waals surface area contributed by atoms with Crippen molar-refractivity contribution >= 4 is 0 Å². The lowest BCUT2D eigenvalue weighted by Crippen LogP contribution is -2.24. The Bertz CT molecular complexity index is 375. The Labute approximate surface area is 123 Å². The van der Waals surface area contributed by atoms with Crippen molar-refractivity contribution < 1.29 is 4.74 Å². The van der Waals surface area contributed by atoms with E-state index in [1.165, 1.54) is 43.5 Å². The van der Waals surface area contributed by atoms with Crippen molar-refractivity contribution in [2.45, 2.75) is 39.3 Å². The molecule has 0 bridgehead atoms. The molecule has 3 nitrogen and oxygen atoms in total. The van der Waals surface area contributed by atoms with Crippen molar-refractivity contribution in [3.8, 4) is 0 Å². The minimum atomic E-state index is 0.734.